The van der Waals surface area contributed by atoms with Gasteiger partial charge < -0.3 is 9.80 Å². The van der Waals surface area contributed by atoms with Gasteiger partial charge in [0.05, 0.1) is 5.69 Å². The number of rotatable bonds is 7. The van der Waals surface area contributed by atoms with Crippen molar-refractivity contribution in [2.24, 2.45) is 0 Å². The van der Waals surface area contributed by atoms with Crippen molar-refractivity contribution in [3.05, 3.63) is 176 Å². The molecule has 0 amide bonds. The Morgan fingerprint density at radius 1 is 0.349 bits per heavy atom. The van der Waals surface area contributed by atoms with Crippen LogP contribution in [0.4, 0.5) is 28.4 Å². The Morgan fingerprint density at radius 3 is 1.51 bits per heavy atom. The topological polar surface area (TPSA) is 6.48 Å². The van der Waals surface area contributed by atoms with Gasteiger partial charge in [0.1, 0.15) is 0 Å². The van der Waals surface area contributed by atoms with E-state index in [9.17, 15) is 0 Å². The Labute approximate surface area is 253 Å². The monoisotopic (exact) mass is 552 g/mol. The highest BCUT2D eigenvalue weighted by Crippen LogP contribution is 2.41. The Kier molecular flexibility index (Phi) is 7.17. The second-order valence-corrected chi connectivity index (χ2v) is 10.7. The van der Waals surface area contributed by atoms with Gasteiger partial charge in [0, 0.05) is 35.2 Å². The molecule has 0 aliphatic heterocycles. The molecule has 206 valence electrons. The van der Waals surface area contributed by atoms with Crippen molar-refractivity contribution in [2.45, 2.75) is 0 Å². The van der Waals surface area contributed by atoms with Crippen LogP contribution in [0.15, 0.2) is 176 Å². The maximum absolute atomic E-state index is 2.37. The average Bonchev–Trinajstić information content (AvgIpc) is 3.09. The smallest absolute Gasteiger partial charge is 0.0540 e. The Morgan fingerprint density at radius 2 is 0.837 bits per heavy atom. The molecular weight excluding hydrogens is 520 g/mol. The highest BCUT2D eigenvalue weighted by Gasteiger charge is 2.17. The zero-order valence-corrected chi connectivity index (χ0v) is 24.1. The third-order valence-corrected chi connectivity index (χ3v) is 8.05. The van der Waals surface area contributed by atoms with Gasteiger partial charge in [-0.15, -0.1) is 0 Å². The summed E-state index contributed by atoms with van der Waals surface area (Å²) in [6.45, 7) is 0. The van der Waals surface area contributed by atoms with Crippen molar-refractivity contribution in [3.63, 3.8) is 0 Å². The molecule has 0 atom stereocenters. The molecule has 7 aromatic rings. The van der Waals surface area contributed by atoms with Crippen molar-refractivity contribution in [2.75, 3.05) is 16.8 Å². The van der Waals surface area contributed by atoms with Crippen LogP contribution in [0.3, 0.4) is 0 Å². The van der Waals surface area contributed by atoms with Gasteiger partial charge in [-0.25, -0.2) is 0 Å². The summed E-state index contributed by atoms with van der Waals surface area (Å²) >= 11 is 0. The standard InChI is InChI=1S/C41H32N2/c1-42(38-21-10-19-34(29-38)31-13-4-2-5-14-31)36-25-27-37(28-26-36)43(41-24-12-18-33-17-8-9-23-40(33)41)39-22-11-20-35(30-39)32-15-6-3-7-16-32/h2-30H,1H3. The van der Waals surface area contributed by atoms with Crippen LogP contribution in [0.2, 0.25) is 0 Å². The third kappa shape index (κ3) is 5.39. The Balaban J connectivity index is 1.29. The van der Waals surface area contributed by atoms with Gasteiger partial charge in [0.2, 0.25) is 0 Å². The molecule has 7 rings (SSSR count). The second-order valence-electron chi connectivity index (χ2n) is 10.7. The van der Waals surface area contributed by atoms with E-state index in [1.54, 1.807) is 0 Å². The molecule has 0 saturated heterocycles. The SMILES string of the molecule is CN(c1ccc(N(c2cccc(-c3ccccc3)c2)c2cccc3ccccc23)cc1)c1cccc(-c2ccccc2)c1. The quantitative estimate of drug-likeness (QED) is 0.194. The lowest BCUT2D eigenvalue weighted by Crippen LogP contribution is -2.12. The first kappa shape index (κ1) is 26.3. The minimum atomic E-state index is 1.11. The lowest BCUT2D eigenvalue weighted by Gasteiger charge is -2.28. The van der Waals surface area contributed by atoms with Gasteiger partial charge in [-0.3, -0.25) is 0 Å². The molecule has 0 unspecified atom stereocenters. The molecule has 0 saturated carbocycles. The predicted molar refractivity (Wildman–Crippen MR) is 184 cm³/mol. The summed E-state index contributed by atoms with van der Waals surface area (Å²) in [4.78, 5) is 4.61. The fraction of sp³-hybridized carbons (Fsp3) is 0.0244. The molecule has 0 aliphatic carbocycles. The summed E-state index contributed by atoms with van der Waals surface area (Å²) in [6, 6.07) is 62.7. The van der Waals surface area contributed by atoms with Crippen LogP contribution in [-0.4, -0.2) is 7.05 Å². The molecule has 0 bridgehead atoms. The van der Waals surface area contributed by atoms with Gasteiger partial charge in [0.25, 0.3) is 0 Å². The summed E-state index contributed by atoms with van der Waals surface area (Å²) in [5.74, 6) is 0. The summed E-state index contributed by atoms with van der Waals surface area (Å²) in [5.41, 5.74) is 10.5. The van der Waals surface area contributed by atoms with Gasteiger partial charge in [-0.1, -0.05) is 121 Å². The van der Waals surface area contributed by atoms with Gasteiger partial charge >= 0.3 is 0 Å². The maximum Gasteiger partial charge on any atom is 0.0540 e. The summed E-state index contributed by atoms with van der Waals surface area (Å²) in [5, 5.41) is 2.44. The molecule has 43 heavy (non-hydrogen) atoms. The van der Waals surface area contributed by atoms with Crippen LogP contribution < -0.4 is 9.80 Å². The average molecular weight is 553 g/mol. The van der Waals surface area contributed by atoms with Crippen LogP contribution in [-0.2, 0) is 0 Å². The molecule has 0 N–H and O–H groups in total. The lowest BCUT2D eigenvalue weighted by molar-refractivity contribution is 1.20. The zero-order chi connectivity index (χ0) is 29.0. The van der Waals surface area contributed by atoms with Crippen LogP contribution in [0.5, 0.6) is 0 Å². The van der Waals surface area contributed by atoms with E-state index in [4.69, 9.17) is 0 Å². The fourth-order valence-corrected chi connectivity index (χ4v) is 5.78. The largest absolute Gasteiger partial charge is 0.345 e. The molecule has 0 spiro atoms. The van der Waals surface area contributed by atoms with E-state index < -0.39 is 0 Å². The van der Waals surface area contributed by atoms with Gasteiger partial charge in [-0.05, 0) is 82.2 Å². The molecule has 0 radical (unpaired) electrons. The number of fused-ring (bicyclic) bond motifs is 1. The first-order valence-corrected chi connectivity index (χ1v) is 14.7. The number of anilines is 5. The Hall–Kier alpha value is -5.60. The van der Waals surface area contributed by atoms with Gasteiger partial charge in [0.15, 0.2) is 0 Å². The molecule has 0 aliphatic rings. The lowest BCUT2D eigenvalue weighted by atomic mass is 10.0. The van der Waals surface area contributed by atoms with Crippen LogP contribution in [0.1, 0.15) is 0 Å². The van der Waals surface area contributed by atoms with Crippen LogP contribution >= 0.6 is 0 Å². The third-order valence-electron chi connectivity index (χ3n) is 8.05. The second kappa shape index (κ2) is 11.7. The van der Waals surface area contributed by atoms with Gasteiger partial charge in [-0.2, -0.15) is 0 Å². The Bertz CT molecular complexity index is 1970. The van der Waals surface area contributed by atoms with Crippen molar-refractivity contribution in [1.82, 2.24) is 0 Å². The summed E-state index contributed by atoms with van der Waals surface area (Å²) < 4.78 is 0. The van der Waals surface area contributed by atoms with Crippen molar-refractivity contribution >= 4 is 39.2 Å². The van der Waals surface area contributed by atoms with E-state index in [0.717, 1.165) is 28.4 Å². The first-order valence-electron chi connectivity index (χ1n) is 14.7. The van der Waals surface area contributed by atoms with E-state index in [1.165, 1.54) is 33.0 Å². The number of benzene rings is 7. The minimum absolute atomic E-state index is 1.11. The van der Waals surface area contributed by atoms with Crippen molar-refractivity contribution in [3.8, 4) is 22.3 Å². The normalized spacial score (nSPS) is 10.9. The molecule has 0 aromatic heterocycles. The number of nitrogens with zero attached hydrogens (tertiary/aromatic N) is 2. The molecule has 2 heteroatoms. The molecule has 0 fully saturated rings. The van der Waals surface area contributed by atoms with Crippen molar-refractivity contribution in [1.29, 1.82) is 0 Å². The summed E-state index contributed by atoms with van der Waals surface area (Å²) in [6.07, 6.45) is 0. The number of hydrogen-bond donors (Lipinski definition) is 0. The van der Waals surface area contributed by atoms with Crippen molar-refractivity contribution < 1.29 is 0 Å². The van der Waals surface area contributed by atoms with E-state index in [-0.39, 0.29) is 0 Å². The highest BCUT2D eigenvalue weighted by atomic mass is 15.1. The zero-order valence-electron chi connectivity index (χ0n) is 24.1. The predicted octanol–water partition coefficient (Wildman–Crippen LogP) is 11.4. The van der Waals surface area contributed by atoms with Crippen LogP contribution in [0, 0.1) is 0 Å². The fourth-order valence-electron chi connectivity index (χ4n) is 5.78. The first-order chi connectivity index (χ1) is 21.2. The van der Waals surface area contributed by atoms with E-state index in [0.29, 0.717) is 0 Å². The van der Waals surface area contributed by atoms with E-state index in [1.807, 2.05) is 0 Å². The molecule has 2 nitrogen and oxygen atoms in total. The van der Waals surface area contributed by atoms with E-state index >= 15 is 0 Å². The molecule has 7 aromatic carbocycles. The number of hydrogen-bond acceptors (Lipinski definition) is 2. The van der Waals surface area contributed by atoms with E-state index in [2.05, 4.69) is 193 Å². The molecular formula is C41H32N2. The minimum Gasteiger partial charge on any atom is -0.345 e. The summed E-state index contributed by atoms with van der Waals surface area (Å²) in [7, 11) is 2.13. The maximum atomic E-state index is 2.37. The highest BCUT2D eigenvalue weighted by molar-refractivity contribution is 5.99. The molecule has 0 heterocycles. The van der Waals surface area contributed by atoms with Crippen LogP contribution in [0.25, 0.3) is 33.0 Å².